The molecule has 0 spiro atoms. The lowest BCUT2D eigenvalue weighted by Crippen LogP contribution is -3.15. The summed E-state index contributed by atoms with van der Waals surface area (Å²) in [6, 6.07) is 4.04. The lowest BCUT2D eigenvalue weighted by molar-refractivity contribution is -0.902. The smallest absolute Gasteiger partial charge is 0.279 e. The number of hydrogen-bond acceptors (Lipinski definition) is 1. The molecule has 0 radical (unpaired) electrons. The fraction of sp³-hybridized carbons (Fsp3) is 0.588. The molecule has 1 aliphatic carbocycles. The van der Waals surface area contributed by atoms with E-state index in [-0.39, 0.29) is 10.9 Å². The zero-order valence-corrected chi connectivity index (χ0v) is 13.5. The van der Waals surface area contributed by atoms with E-state index in [1.807, 2.05) is 0 Å². The molecule has 3 nitrogen and oxygen atoms in total. The van der Waals surface area contributed by atoms with Gasteiger partial charge in [0.05, 0.1) is 23.8 Å². The van der Waals surface area contributed by atoms with Gasteiger partial charge in [0.1, 0.15) is 5.82 Å². The van der Waals surface area contributed by atoms with Crippen molar-refractivity contribution in [2.75, 3.05) is 25.0 Å². The number of anilines is 1. The van der Waals surface area contributed by atoms with Crippen LogP contribution in [0.3, 0.4) is 0 Å². The molecule has 1 heterocycles. The molecule has 1 aliphatic heterocycles. The van der Waals surface area contributed by atoms with Gasteiger partial charge in [-0.1, -0.05) is 24.4 Å². The second kappa shape index (κ2) is 6.97. The molecular formula is C17H23ClFN2O+. The van der Waals surface area contributed by atoms with Crippen molar-refractivity contribution < 1.29 is 14.1 Å². The number of likely N-dealkylation sites (tertiary alicyclic amines) is 1. The predicted molar refractivity (Wildman–Crippen MR) is 85.7 cm³/mol. The lowest BCUT2D eigenvalue weighted by Gasteiger charge is -2.38. The van der Waals surface area contributed by atoms with Crippen LogP contribution in [0.2, 0.25) is 5.02 Å². The first-order valence-electron chi connectivity index (χ1n) is 8.20. The van der Waals surface area contributed by atoms with E-state index in [1.165, 1.54) is 55.2 Å². The number of piperidine rings is 1. The topological polar surface area (TPSA) is 33.5 Å². The molecule has 1 unspecified atom stereocenters. The highest BCUT2D eigenvalue weighted by Crippen LogP contribution is 2.32. The number of nitrogens with one attached hydrogen (secondary N) is 2. The van der Waals surface area contributed by atoms with Gasteiger partial charge in [-0.05, 0) is 43.4 Å². The normalized spacial score (nSPS) is 28.0. The van der Waals surface area contributed by atoms with E-state index in [2.05, 4.69) is 5.32 Å². The van der Waals surface area contributed by atoms with Crippen LogP contribution >= 0.6 is 11.6 Å². The third-order valence-electron chi connectivity index (χ3n) is 5.10. The number of carbonyl (C=O) groups excluding carboxylic acids is 1. The molecule has 2 fully saturated rings. The van der Waals surface area contributed by atoms with Crippen LogP contribution in [0.4, 0.5) is 10.1 Å². The number of carbonyl (C=O) groups is 1. The summed E-state index contributed by atoms with van der Waals surface area (Å²) in [4.78, 5) is 13.6. The van der Waals surface area contributed by atoms with E-state index in [0.717, 1.165) is 24.9 Å². The molecule has 0 aromatic heterocycles. The zero-order valence-electron chi connectivity index (χ0n) is 12.7. The Labute approximate surface area is 135 Å². The molecule has 120 valence electrons. The average Bonchev–Trinajstić information content (AvgIpc) is 2.50. The first-order chi connectivity index (χ1) is 10.6. The molecule has 2 N–H and O–H groups in total. The molecule has 1 saturated carbocycles. The molecule has 5 heteroatoms. The van der Waals surface area contributed by atoms with Crippen molar-refractivity contribution in [2.24, 2.45) is 11.8 Å². The van der Waals surface area contributed by atoms with Gasteiger partial charge in [0.25, 0.3) is 5.91 Å². The standard InChI is InChI=1S/C17H22ClFN2O/c18-15-9-14(19)5-6-16(15)20-17(22)11-21-8-7-12-3-1-2-4-13(12)10-21/h5-6,9,12-13H,1-4,7-8,10-11H2,(H,20,22)/p+1/t12-,13+/m0/s1. The zero-order chi connectivity index (χ0) is 15.5. The molecule has 22 heavy (non-hydrogen) atoms. The Bertz CT molecular complexity index is 551. The summed E-state index contributed by atoms with van der Waals surface area (Å²) >= 11 is 5.95. The van der Waals surface area contributed by atoms with Crippen LogP contribution in [0.25, 0.3) is 0 Å². The van der Waals surface area contributed by atoms with Crippen LogP contribution in [-0.4, -0.2) is 25.5 Å². The highest BCUT2D eigenvalue weighted by molar-refractivity contribution is 6.33. The lowest BCUT2D eigenvalue weighted by atomic mass is 9.75. The van der Waals surface area contributed by atoms with Crippen LogP contribution in [0.15, 0.2) is 18.2 Å². The fourth-order valence-electron chi connectivity index (χ4n) is 3.97. The molecule has 1 aromatic carbocycles. The van der Waals surface area contributed by atoms with Gasteiger partial charge in [0.2, 0.25) is 0 Å². The van der Waals surface area contributed by atoms with Crippen molar-refractivity contribution in [1.29, 1.82) is 0 Å². The van der Waals surface area contributed by atoms with Gasteiger partial charge in [0, 0.05) is 5.92 Å². The monoisotopic (exact) mass is 325 g/mol. The van der Waals surface area contributed by atoms with Crippen molar-refractivity contribution >= 4 is 23.2 Å². The third-order valence-corrected chi connectivity index (χ3v) is 5.41. The minimum absolute atomic E-state index is 0.0437. The highest BCUT2D eigenvalue weighted by atomic mass is 35.5. The number of halogens is 2. The Morgan fingerprint density at radius 3 is 2.82 bits per heavy atom. The molecule has 0 bridgehead atoms. The quantitative estimate of drug-likeness (QED) is 0.879. The van der Waals surface area contributed by atoms with Gasteiger partial charge < -0.3 is 10.2 Å². The summed E-state index contributed by atoms with van der Waals surface area (Å²) in [5.41, 5.74) is 0.486. The summed E-state index contributed by atoms with van der Waals surface area (Å²) in [6.07, 6.45) is 6.64. The van der Waals surface area contributed by atoms with Crippen LogP contribution in [-0.2, 0) is 4.79 Å². The van der Waals surface area contributed by atoms with E-state index >= 15 is 0 Å². The average molecular weight is 326 g/mol. The number of rotatable bonds is 3. The number of quaternary nitrogens is 1. The van der Waals surface area contributed by atoms with Crippen molar-refractivity contribution in [2.45, 2.75) is 32.1 Å². The number of hydrogen-bond donors (Lipinski definition) is 2. The second-order valence-corrected chi connectivity index (χ2v) is 7.05. The summed E-state index contributed by atoms with van der Waals surface area (Å²) in [5, 5.41) is 3.04. The molecule has 1 amide bonds. The highest BCUT2D eigenvalue weighted by Gasteiger charge is 2.34. The SMILES string of the molecule is O=C(C[NH+]1CC[C@@H]2CCCC[C@@H]2C1)Nc1ccc(F)cc1Cl. The van der Waals surface area contributed by atoms with Gasteiger partial charge >= 0.3 is 0 Å². The van der Waals surface area contributed by atoms with E-state index in [9.17, 15) is 9.18 Å². The first-order valence-corrected chi connectivity index (χ1v) is 8.58. The largest absolute Gasteiger partial charge is 0.327 e. The first kappa shape index (κ1) is 15.8. The molecular weight excluding hydrogens is 303 g/mol. The molecule has 2 aliphatic rings. The Hall–Kier alpha value is -1.13. The number of benzene rings is 1. The minimum atomic E-state index is -0.395. The van der Waals surface area contributed by atoms with Gasteiger partial charge in [0.15, 0.2) is 6.54 Å². The predicted octanol–water partition coefficient (Wildman–Crippen LogP) is 2.51. The van der Waals surface area contributed by atoms with Crippen molar-refractivity contribution in [3.05, 3.63) is 29.0 Å². The minimum Gasteiger partial charge on any atom is -0.327 e. The van der Waals surface area contributed by atoms with Crippen LogP contribution < -0.4 is 10.2 Å². The molecule has 1 aromatic rings. The molecule has 3 rings (SSSR count). The maximum atomic E-state index is 13.0. The van der Waals surface area contributed by atoms with E-state index < -0.39 is 5.82 Å². The van der Waals surface area contributed by atoms with Gasteiger partial charge in [-0.2, -0.15) is 0 Å². The van der Waals surface area contributed by atoms with Crippen molar-refractivity contribution in [3.63, 3.8) is 0 Å². The van der Waals surface area contributed by atoms with Crippen molar-refractivity contribution in [3.8, 4) is 0 Å². The Morgan fingerprint density at radius 2 is 2.05 bits per heavy atom. The summed E-state index contributed by atoms with van der Waals surface area (Å²) in [6.45, 7) is 2.65. The third kappa shape index (κ3) is 3.79. The van der Waals surface area contributed by atoms with E-state index in [1.54, 1.807) is 0 Å². The van der Waals surface area contributed by atoms with Gasteiger partial charge in [-0.25, -0.2) is 4.39 Å². The van der Waals surface area contributed by atoms with E-state index in [4.69, 9.17) is 11.6 Å². The van der Waals surface area contributed by atoms with Gasteiger partial charge in [-0.15, -0.1) is 0 Å². The Balaban J connectivity index is 1.53. The maximum absolute atomic E-state index is 13.0. The van der Waals surface area contributed by atoms with Crippen LogP contribution in [0, 0.1) is 17.7 Å². The van der Waals surface area contributed by atoms with Crippen LogP contribution in [0.1, 0.15) is 32.1 Å². The summed E-state index contributed by atoms with van der Waals surface area (Å²) in [5.74, 6) is 1.23. The summed E-state index contributed by atoms with van der Waals surface area (Å²) < 4.78 is 13.0. The number of fused-ring (bicyclic) bond motifs is 1. The second-order valence-electron chi connectivity index (χ2n) is 6.65. The van der Waals surface area contributed by atoms with Crippen LogP contribution in [0.5, 0.6) is 0 Å². The maximum Gasteiger partial charge on any atom is 0.279 e. The Kier molecular flexibility index (Phi) is 4.99. The molecule has 1 saturated heterocycles. The van der Waals surface area contributed by atoms with E-state index in [0.29, 0.717) is 12.2 Å². The number of amides is 1. The van der Waals surface area contributed by atoms with Crippen molar-refractivity contribution in [1.82, 2.24) is 0 Å². The summed E-state index contributed by atoms with van der Waals surface area (Å²) in [7, 11) is 0. The fourth-order valence-corrected chi connectivity index (χ4v) is 4.18. The van der Waals surface area contributed by atoms with Gasteiger partial charge in [-0.3, -0.25) is 4.79 Å². The Morgan fingerprint density at radius 1 is 1.27 bits per heavy atom. The molecule has 3 atom stereocenters.